The Labute approximate surface area is 120 Å². The van der Waals surface area contributed by atoms with Gasteiger partial charge in [-0.25, -0.2) is 4.39 Å². The maximum absolute atomic E-state index is 13.1. The fourth-order valence-corrected chi connectivity index (χ4v) is 2.13. The van der Waals surface area contributed by atoms with Gasteiger partial charge in [0.25, 0.3) is 5.91 Å². The molecule has 0 spiro atoms. The van der Waals surface area contributed by atoms with Crippen molar-refractivity contribution in [1.82, 2.24) is 0 Å². The first kappa shape index (κ1) is 14.1. The molecular weight excluding hydrogens is 281 g/mol. The number of carbonyl (C=O) groups excluding carboxylic acids is 1. The number of hydrogen-bond acceptors (Lipinski definition) is 3. The van der Waals surface area contributed by atoms with Crippen molar-refractivity contribution >= 4 is 34.6 Å². The molecule has 5 N–H and O–H groups in total. The number of aryl methyl sites for hydroxylation is 1. The average Bonchev–Trinajstić information content (AvgIpc) is 2.34. The molecule has 4 nitrogen and oxygen atoms in total. The monoisotopic (exact) mass is 293 g/mol. The van der Waals surface area contributed by atoms with Crippen LogP contribution in [-0.4, -0.2) is 5.91 Å². The maximum atomic E-state index is 13.1. The summed E-state index contributed by atoms with van der Waals surface area (Å²) in [6.07, 6.45) is 0. The van der Waals surface area contributed by atoms with E-state index in [4.69, 9.17) is 23.1 Å². The molecule has 0 aromatic heterocycles. The highest BCUT2D eigenvalue weighted by atomic mass is 35.5. The summed E-state index contributed by atoms with van der Waals surface area (Å²) in [7, 11) is 0. The van der Waals surface area contributed by atoms with E-state index >= 15 is 0 Å². The number of nitrogens with one attached hydrogen (secondary N) is 1. The van der Waals surface area contributed by atoms with Crippen molar-refractivity contribution in [3.63, 3.8) is 0 Å². The molecule has 104 valence electrons. The minimum Gasteiger partial charge on any atom is -0.399 e. The van der Waals surface area contributed by atoms with Crippen molar-refractivity contribution in [3.8, 4) is 0 Å². The van der Waals surface area contributed by atoms with Crippen LogP contribution in [0.5, 0.6) is 0 Å². The second kappa shape index (κ2) is 5.38. The third kappa shape index (κ3) is 2.83. The largest absolute Gasteiger partial charge is 0.399 e. The smallest absolute Gasteiger partial charge is 0.250 e. The summed E-state index contributed by atoms with van der Waals surface area (Å²) in [5, 5.41) is 3.26. The molecule has 0 heterocycles. The van der Waals surface area contributed by atoms with Crippen LogP contribution in [0.25, 0.3) is 0 Å². The number of amides is 1. The predicted octanol–water partition coefficient (Wildman–Crippen LogP) is 3.21. The molecule has 6 heteroatoms. The third-order valence-electron chi connectivity index (χ3n) is 2.83. The molecule has 0 atom stereocenters. The summed E-state index contributed by atoms with van der Waals surface area (Å²) < 4.78 is 13.1. The van der Waals surface area contributed by atoms with Crippen LogP contribution in [0.4, 0.5) is 21.5 Å². The van der Waals surface area contributed by atoms with E-state index in [2.05, 4.69) is 5.32 Å². The molecule has 0 radical (unpaired) electrons. The van der Waals surface area contributed by atoms with Gasteiger partial charge < -0.3 is 16.8 Å². The normalized spacial score (nSPS) is 10.3. The van der Waals surface area contributed by atoms with Crippen molar-refractivity contribution in [1.29, 1.82) is 0 Å². The van der Waals surface area contributed by atoms with Crippen LogP contribution in [-0.2, 0) is 0 Å². The number of hydrogen-bond donors (Lipinski definition) is 3. The highest BCUT2D eigenvalue weighted by Crippen LogP contribution is 2.32. The van der Waals surface area contributed by atoms with Gasteiger partial charge in [-0.1, -0.05) is 11.6 Å². The Kier molecular flexibility index (Phi) is 3.81. The topological polar surface area (TPSA) is 81.1 Å². The molecule has 1 amide bonds. The summed E-state index contributed by atoms with van der Waals surface area (Å²) in [6.45, 7) is 1.74. The second-order valence-corrected chi connectivity index (χ2v) is 4.78. The van der Waals surface area contributed by atoms with Crippen molar-refractivity contribution in [2.45, 2.75) is 6.92 Å². The predicted molar refractivity (Wildman–Crippen MR) is 78.8 cm³/mol. The lowest BCUT2D eigenvalue weighted by Crippen LogP contribution is -2.14. The van der Waals surface area contributed by atoms with Crippen LogP contribution in [0.2, 0.25) is 5.02 Å². The van der Waals surface area contributed by atoms with E-state index in [9.17, 15) is 9.18 Å². The molecule has 0 fully saturated rings. The lowest BCUT2D eigenvalue weighted by atomic mass is 10.1. The SMILES string of the molecule is Cc1cc(F)ccc1Nc1c(Cl)cc(N)cc1C(N)=O. The van der Waals surface area contributed by atoms with Gasteiger partial charge >= 0.3 is 0 Å². The molecule has 0 aliphatic rings. The number of rotatable bonds is 3. The molecule has 0 saturated carbocycles. The van der Waals surface area contributed by atoms with Gasteiger partial charge in [0.2, 0.25) is 0 Å². The first-order valence-electron chi connectivity index (χ1n) is 5.80. The molecule has 2 aromatic carbocycles. The summed E-state index contributed by atoms with van der Waals surface area (Å²) in [5.41, 5.74) is 13.1. The number of benzene rings is 2. The highest BCUT2D eigenvalue weighted by Gasteiger charge is 2.14. The van der Waals surface area contributed by atoms with E-state index in [1.165, 1.54) is 24.3 Å². The Balaban J connectivity index is 2.50. The molecule has 0 bridgehead atoms. The van der Waals surface area contributed by atoms with Gasteiger partial charge in [-0.15, -0.1) is 0 Å². The Morgan fingerprint density at radius 1 is 1.30 bits per heavy atom. The van der Waals surface area contributed by atoms with Gasteiger partial charge in [0.05, 0.1) is 16.3 Å². The fourth-order valence-electron chi connectivity index (χ4n) is 1.85. The van der Waals surface area contributed by atoms with Crippen molar-refractivity contribution in [2.24, 2.45) is 5.73 Å². The first-order chi connectivity index (χ1) is 9.38. The molecule has 0 aliphatic carbocycles. The quantitative estimate of drug-likeness (QED) is 0.760. The minimum atomic E-state index is -0.651. The molecule has 0 saturated heterocycles. The summed E-state index contributed by atoms with van der Waals surface area (Å²) in [6, 6.07) is 7.19. The molecule has 0 unspecified atom stereocenters. The molecular formula is C14H13ClFN3O. The van der Waals surface area contributed by atoms with Crippen molar-refractivity contribution in [3.05, 3.63) is 52.3 Å². The van der Waals surface area contributed by atoms with Gasteiger partial charge in [-0.05, 0) is 42.8 Å². The van der Waals surface area contributed by atoms with Gasteiger partial charge in [0.1, 0.15) is 5.82 Å². The molecule has 0 aliphatic heterocycles. The number of nitrogen functional groups attached to an aromatic ring is 1. The van der Waals surface area contributed by atoms with E-state index in [1.807, 2.05) is 0 Å². The van der Waals surface area contributed by atoms with Gasteiger partial charge in [0.15, 0.2) is 0 Å². The first-order valence-corrected chi connectivity index (χ1v) is 6.18. The van der Waals surface area contributed by atoms with E-state index in [0.717, 1.165) is 0 Å². The number of halogens is 2. The van der Waals surface area contributed by atoms with Crippen LogP contribution in [0.1, 0.15) is 15.9 Å². The zero-order chi connectivity index (χ0) is 14.9. The second-order valence-electron chi connectivity index (χ2n) is 4.37. The average molecular weight is 294 g/mol. The van der Waals surface area contributed by atoms with E-state index < -0.39 is 5.91 Å². The fraction of sp³-hybridized carbons (Fsp3) is 0.0714. The molecule has 2 rings (SSSR count). The molecule has 20 heavy (non-hydrogen) atoms. The number of nitrogens with two attached hydrogens (primary N) is 2. The van der Waals surface area contributed by atoms with Crippen LogP contribution in [0, 0.1) is 12.7 Å². The lowest BCUT2D eigenvalue weighted by molar-refractivity contribution is 0.100. The number of carbonyl (C=O) groups is 1. The summed E-state index contributed by atoms with van der Waals surface area (Å²) >= 11 is 6.09. The zero-order valence-corrected chi connectivity index (χ0v) is 11.5. The highest BCUT2D eigenvalue weighted by molar-refractivity contribution is 6.34. The summed E-state index contributed by atoms with van der Waals surface area (Å²) in [5.74, 6) is -0.993. The van der Waals surface area contributed by atoms with Crippen LogP contribution < -0.4 is 16.8 Å². The maximum Gasteiger partial charge on any atom is 0.250 e. The van der Waals surface area contributed by atoms with Gasteiger partial charge in [0, 0.05) is 11.4 Å². The Morgan fingerprint density at radius 3 is 2.60 bits per heavy atom. The minimum absolute atomic E-state index is 0.179. The molecule has 2 aromatic rings. The van der Waals surface area contributed by atoms with Crippen molar-refractivity contribution < 1.29 is 9.18 Å². The van der Waals surface area contributed by atoms with Crippen LogP contribution in [0.3, 0.4) is 0 Å². The number of anilines is 3. The van der Waals surface area contributed by atoms with Crippen molar-refractivity contribution in [2.75, 3.05) is 11.1 Å². The van der Waals surface area contributed by atoms with E-state index in [-0.39, 0.29) is 16.4 Å². The zero-order valence-electron chi connectivity index (χ0n) is 10.7. The third-order valence-corrected chi connectivity index (χ3v) is 3.12. The number of primary amides is 1. The Morgan fingerprint density at radius 2 is 2.00 bits per heavy atom. The Bertz CT molecular complexity index is 688. The standard InChI is InChI=1S/C14H13ClFN3O/c1-7-4-8(16)2-3-12(7)19-13-10(14(18)20)5-9(17)6-11(13)15/h2-6,19H,17H2,1H3,(H2,18,20). The summed E-state index contributed by atoms with van der Waals surface area (Å²) in [4.78, 5) is 11.5. The Hall–Kier alpha value is -2.27. The van der Waals surface area contributed by atoms with Gasteiger partial charge in [-0.2, -0.15) is 0 Å². The van der Waals surface area contributed by atoms with E-state index in [1.54, 1.807) is 13.0 Å². The lowest BCUT2D eigenvalue weighted by Gasteiger charge is -2.14. The van der Waals surface area contributed by atoms with Gasteiger partial charge in [-0.3, -0.25) is 4.79 Å². The van der Waals surface area contributed by atoms with Crippen LogP contribution in [0.15, 0.2) is 30.3 Å². The van der Waals surface area contributed by atoms with E-state index in [0.29, 0.717) is 22.6 Å². The van der Waals surface area contributed by atoms with Crippen LogP contribution >= 0.6 is 11.6 Å².